The van der Waals surface area contributed by atoms with E-state index in [0.29, 0.717) is 17.9 Å². The standard InChI is InChI=1S/C25H40O/c1-26-25-16-10-20(11-17-25)3-2-19-6-12-23(13-7-19)24-14-8-22(9-15-24)18-21-4-5-21/h19-25H,4-18H2,1H3. The van der Waals surface area contributed by atoms with E-state index in [1.54, 1.807) is 44.9 Å². The van der Waals surface area contributed by atoms with E-state index in [0.717, 1.165) is 23.7 Å². The van der Waals surface area contributed by atoms with E-state index < -0.39 is 0 Å². The molecule has 4 fully saturated rings. The quantitative estimate of drug-likeness (QED) is 0.515. The van der Waals surface area contributed by atoms with Gasteiger partial charge in [-0.25, -0.2) is 0 Å². The smallest absolute Gasteiger partial charge is 0.0572 e. The maximum Gasteiger partial charge on any atom is 0.0572 e. The second kappa shape index (κ2) is 9.14. The van der Waals surface area contributed by atoms with Crippen LogP contribution < -0.4 is 0 Å². The predicted molar refractivity (Wildman–Crippen MR) is 109 cm³/mol. The fourth-order valence-corrected chi connectivity index (χ4v) is 6.13. The zero-order chi connectivity index (χ0) is 17.8. The number of hydrogen-bond acceptors (Lipinski definition) is 1. The summed E-state index contributed by atoms with van der Waals surface area (Å²) in [5, 5.41) is 0. The first-order valence-electron chi connectivity index (χ1n) is 11.8. The Morgan fingerprint density at radius 3 is 1.46 bits per heavy atom. The minimum atomic E-state index is 0.503. The van der Waals surface area contributed by atoms with Crippen LogP contribution in [0.25, 0.3) is 0 Å². The normalized spacial score (nSPS) is 41.3. The summed E-state index contributed by atoms with van der Waals surface area (Å²) in [7, 11) is 1.86. The molecule has 26 heavy (non-hydrogen) atoms. The molecule has 0 unspecified atom stereocenters. The average molecular weight is 357 g/mol. The summed E-state index contributed by atoms with van der Waals surface area (Å²) < 4.78 is 5.48. The van der Waals surface area contributed by atoms with Crippen LogP contribution in [0, 0.1) is 47.3 Å². The van der Waals surface area contributed by atoms with Crippen molar-refractivity contribution in [2.24, 2.45) is 35.5 Å². The lowest BCUT2D eigenvalue weighted by Crippen LogP contribution is -2.25. The molecule has 0 aromatic heterocycles. The van der Waals surface area contributed by atoms with E-state index >= 15 is 0 Å². The summed E-state index contributed by atoms with van der Waals surface area (Å²) in [6.45, 7) is 0. The zero-order valence-corrected chi connectivity index (χ0v) is 17.1. The third-order valence-electron chi connectivity index (χ3n) is 8.19. The molecular weight excluding hydrogens is 316 g/mol. The van der Waals surface area contributed by atoms with Gasteiger partial charge in [0.15, 0.2) is 0 Å². The van der Waals surface area contributed by atoms with Crippen LogP contribution in [0.1, 0.15) is 96.3 Å². The molecule has 4 aliphatic carbocycles. The molecule has 0 radical (unpaired) electrons. The molecule has 0 heterocycles. The molecule has 0 aliphatic heterocycles. The van der Waals surface area contributed by atoms with Gasteiger partial charge in [-0.3, -0.25) is 0 Å². The van der Waals surface area contributed by atoms with Crippen LogP contribution in [0.15, 0.2) is 0 Å². The van der Waals surface area contributed by atoms with Gasteiger partial charge >= 0.3 is 0 Å². The fourth-order valence-electron chi connectivity index (χ4n) is 6.13. The molecule has 1 nitrogen and oxygen atoms in total. The summed E-state index contributed by atoms with van der Waals surface area (Å²) >= 11 is 0. The third-order valence-corrected chi connectivity index (χ3v) is 8.19. The van der Waals surface area contributed by atoms with Crippen LogP contribution >= 0.6 is 0 Å². The summed E-state index contributed by atoms with van der Waals surface area (Å²) in [6.07, 6.45) is 22.0. The van der Waals surface area contributed by atoms with E-state index in [4.69, 9.17) is 4.74 Å². The molecule has 4 rings (SSSR count). The van der Waals surface area contributed by atoms with Gasteiger partial charge in [0.1, 0.15) is 0 Å². The summed E-state index contributed by atoms with van der Waals surface area (Å²) in [5.41, 5.74) is 0. The van der Waals surface area contributed by atoms with Crippen LogP contribution in [-0.2, 0) is 4.74 Å². The molecule has 0 bridgehead atoms. The van der Waals surface area contributed by atoms with Crippen LogP contribution in [-0.4, -0.2) is 13.2 Å². The first-order chi connectivity index (χ1) is 12.8. The number of ether oxygens (including phenoxy) is 1. The Morgan fingerprint density at radius 1 is 0.577 bits per heavy atom. The Morgan fingerprint density at radius 2 is 1.00 bits per heavy atom. The van der Waals surface area contributed by atoms with Gasteiger partial charge in [0.05, 0.1) is 6.10 Å². The lowest BCUT2D eigenvalue weighted by molar-refractivity contribution is 0.0636. The fraction of sp³-hybridized carbons (Fsp3) is 0.920. The zero-order valence-electron chi connectivity index (χ0n) is 17.1. The van der Waals surface area contributed by atoms with Crippen molar-refractivity contribution in [3.05, 3.63) is 0 Å². The highest BCUT2D eigenvalue weighted by atomic mass is 16.5. The van der Waals surface area contributed by atoms with Crippen LogP contribution in [0.5, 0.6) is 0 Å². The van der Waals surface area contributed by atoms with Crippen molar-refractivity contribution in [2.75, 3.05) is 7.11 Å². The highest BCUT2D eigenvalue weighted by Gasteiger charge is 2.33. The molecule has 0 atom stereocenters. The van der Waals surface area contributed by atoms with Crippen molar-refractivity contribution in [3.63, 3.8) is 0 Å². The van der Waals surface area contributed by atoms with Crippen molar-refractivity contribution >= 4 is 0 Å². The van der Waals surface area contributed by atoms with E-state index in [1.165, 1.54) is 51.4 Å². The Bertz CT molecular complexity index is 472. The van der Waals surface area contributed by atoms with Crippen molar-refractivity contribution in [1.29, 1.82) is 0 Å². The average Bonchev–Trinajstić information content (AvgIpc) is 3.52. The lowest BCUT2D eigenvalue weighted by Gasteiger charge is -2.37. The number of hydrogen-bond donors (Lipinski definition) is 0. The van der Waals surface area contributed by atoms with Gasteiger partial charge in [-0.1, -0.05) is 37.5 Å². The molecule has 0 aromatic carbocycles. The molecule has 146 valence electrons. The van der Waals surface area contributed by atoms with Crippen LogP contribution in [0.3, 0.4) is 0 Å². The van der Waals surface area contributed by atoms with E-state index in [1.807, 2.05) is 7.11 Å². The SMILES string of the molecule is COC1CCC(C#CC2CCC(C3CCC(CC4CC4)CC3)CC2)CC1. The topological polar surface area (TPSA) is 9.23 Å². The predicted octanol–water partition coefficient (Wildman–Crippen LogP) is 6.61. The van der Waals surface area contributed by atoms with Crippen LogP contribution in [0.2, 0.25) is 0 Å². The maximum absolute atomic E-state index is 5.48. The Hall–Kier alpha value is -0.480. The first kappa shape index (κ1) is 18.9. The number of methoxy groups -OCH3 is 1. The first-order valence-corrected chi connectivity index (χ1v) is 11.8. The molecular formula is C25H40O. The van der Waals surface area contributed by atoms with Crippen LogP contribution in [0.4, 0.5) is 0 Å². The molecule has 0 aromatic rings. The lowest BCUT2D eigenvalue weighted by atomic mass is 9.68. The summed E-state index contributed by atoms with van der Waals surface area (Å²) in [4.78, 5) is 0. The minimum Gasteiger partial charge on any atom is -0.381 e. The highest BCUT2D eigenvalue weighted by molar-refractivity contribution is 5.09. The van der Waals surface area contributed by atoms with Gasteiger partial charge in [-0.15, -0.1) is 0 Å². The highest BCUT2D eigenvalue weighted by Crippen LogP contribution is 2.45. The monoisotopic (exact) mass is 356 g/mol. The summed E-state index contributed by atoms with van der Waals surface area (Å²) in [6, 6.07) is 0. The van der Waals surface area contributed by atoms with Gasteiger partial charge in [-0.05, 0) is 94.3 Å². The van der Waals surface area contributed by atoms with E-state index in [-0.39, 0.29) is 0 Å². The molecule has 0 saturated heterocycles. The van der Waals surface area contributed by atoms with E-state index in [9.17, 15) is 0 Å². The van der Waals surface area contributed by atoms with Crippen molar-refractivity contribution in [2.45, 2.75) is 102 Å². The van der Waals surface area contributed by atoms with Crippen molar-refractivity contribution in [3.8, 4) is 11.8 Å². The molecule has 4 saturated carbocycles. The largest absolute Gasteiger partial charge is 0.381 e. The van der Waals surface area contributed by atoms with Gasteiger partial charge in [0, 0.05) is 18.9 Å². The number of rotatable bonds is 4. The molecule has 1 heteroatoms. The maximum atomic E-state index is 5.48. The molecule has 0 N–H and O–H groups in total. The minimum absolute atomic E-state index is 0.503. The second-order valence-corrected chi connectivity index (χ2v) is 10.1. The molecule has 0 spiro atoms. The van der Waals surface area contributed by atoms with Gasteiger partial charge in [-0.2, -0.15) is 0 Å². The van der Waals surface area contributed by atoms with Gasteiger partial charge in [0.25, 0.3) is 0 Å². The molecule has 0 amide bonds. The van der Waals surface area contributed by atoms with E-state index in [2.05, 4.69) is 11.8 Å². The molecule has 4 aliphatic rings. The Kier molecular flexibility index (Phi) is 6.63. The second-order valence-electron chi connectivity index (χ2n) is 10.1. The Balaban J connectivity index is 1.15. The van der Waals surface area contributed by atoms with Gasteiger partial charge < -0.3 is 4.74 Å². The summed E-state index contributed by atoms with van der Waals surface area (Å²) in [5.74, 6) is 13.0. The van der Waals surface area contributed by atoms with Crippen molar-refractivity contribution in [1.82, 2.24) is 0 Å². The van der Waals surface area contributed by atoms with Gasteiger partial charge in [0.2, 0.25) is 0 Å². The van der Waals surface area contributed by atoms with Crippen molar-refractivity contribution < 1.29 is 4.74 Å². The third kappa shape index (κ3) is 5.28. The Labute approximate surface area is 162 Å².